The molecule has 3 rings (SSSR count). The van der Waals surface area contributed by atoms with Crippen LogP contribution in [0.1, 0.15) is 5.56 Å². The predicted octanol–water partition coefficient (Wildman–Crippen LogP) is 2.86. The lowest BCUT2D eigenvalue weighted by atomic mass is 10.3. The van der Waals surface area contributed by atoms with E-state index in [0.717, 1.165) is 0 Å². The molecule has 3 aromatic rings. The van der Waals surface area contributed by atoms with Gasteiger partial charge in [-0.15, -0.1) is 0 Å². The second-order valence-corrected chi connectivity index (χ2v) is 6.67. The van der Waals surface area contributed by atoms with E-state index in [9.17, 15) is 12.8 Å². The third-order valence-corrected chi connectivity index (χ3v) is 4.55. The SMILES string of the molecule is Cc1cnc(NS(=O)(=O)c2c[nH]c3nc(Cl)ccc23)c(F)c1. The van der Waals surface area contributed by atoms with Gasteiger partial charge in [0.1, 0.15) is 15.7 Å². The second-order valence-electron chi connectivity index (χ2n) is 4.63. The average molecular weight is 341 g/mol. The van der Waals surface area contributed by atoms with E-state index in [1.54, 1.807) is 6.92 Å². The predicted molar refractivity (Wildman–Crippen MR) is 80.8 cm³/mol. The van der Waals surface area contributed by atoms with Crippen molar-refractivity contribution in [2.24, 2.45) is 0 Å². The van der Waals surface area contributed by atoms with Crippen LogP contribution in [-0.4, -0.2) is 23.4 Å². The largest absolute Gasteiger partial charge is 0.345 e. The maximum Gasteiger partial charge on any atom is 0.265 e. The molecule has 3 aromatic heterocycles. The monoisotopic (exact) mass is 340 g/mol. The van der Waals surface area contributed by atoms with Gasteiger partial charge in [0.2, 0.25) is 0 Å². The van der Waals surface area contributed by atoms with Crippen LogP contribution in [0.15, 0.2) is 35.5 Å². The van der Waals surface area contributed by atoms with Crippen molar-refractivity contribution >= 4 is 38.5 Å². The van der Waals surface area contributed by atoms with Crippen LogP contribution in [0, 0.1) is 12.7 Å². The molecule has 0 aliphatic carbocycles. The molecular formula is C13H10ClFN4O2S. The Bertz CT molecular complexity index is 971. The quantitative estimate of drug-likeness (QED) is 0.718. The molecule has 0 saturated carbocycles. The lowest BCUT2D eigenvalue weighted by Gasteiger charge is -2.07. The molecule has 0 unspecified atom stereocenters. The zero-order valence-electron chi connectivity index (χ0n) is 11.3. The molecule has 0 radical (unpaired) electrons. The zero-order valence-corrected chi connectivity index (χ0v) is 12.8. The number of aromatic nitrogens is 3. The Balaban J connectivity index is 2.05. The highest BCUT2D eigenvalue weighted by atomic mass is 35.5. The standard InChI is InChI=1S/C13H10ClFN4O2S/c1-7-4-9(15)13(16-5-7)19-22(20,21)10-6-17-12-8(10)2-3-11(14)18-12/h2-6H,1H3,(H,16,19)(H,17,18). The number of sulfonamides is 1. The molecule has 2 N–H and O–H groups in total. The van der Waals surface area contributed by atoms with Gasteiger partial charge in [0.15, 0.2) is 11.6 Å². The van der Waals surface area contributed by atoms with Gasteiger partial charge in [-0.25, -0.2) is 22.8 Å². The van der Waals surface area contributed by atoms with Crippen molar-refractivity contribution in [2.45, 2.75) is 11.8 Å². The van der Waals surface area contributed by atoms with E-state index in [1.165, 1.54) is 30.6 Å². The topological polar surface area (TPSA) is 87.7 Å². The van der Waals surface area contributed by atoms with Crippen LogP contribution in [0.2, 0.25) is 5.15 Å². The first kappa shape index (κ1) is 14.7. The summed E-state index contributed by atoms with van der Waals surface area (Å²) in [5, 5.41) is 0.585. The Morgan fingerprint density at radius 3 is 2.86 bits per heavy atom. The van der Waals surface area contributed by atoms with Gasteiger partial charge in [-0.05, 0) is 30.7 Å². The molecule has 0 aliphatic rings. The summed E-state index contributed by atoms with van der Waals surface area (Å²) in [7, 11) is -4.01. The fourth-order valence-electron chi connectivity index (χ4n) is 1.97. The van der Waals surface area contributed by atoms with Gasteiger partial charge < -0.3 is 4.98 Å². The van der Waals surface area contributed by atoms with Crippen molar-refractivity contribution in [3.05, 3.63) is 47.1 Å². The van der Waals surface area contributed by atoms with Gasteiger partial charge in [0.05, 0.1) is 0 Å². The molecule has 0 fully saturated rings. The summed E-state index contributed by atoms with van der Waals surface area (Å²) < 4.78 is 40.7. The number of rotatable bonds is 3. The second kappa shape index (κ2) is 5.22. The first-order valence-electron chi connectivity index (χ1n) is 6.15. The van der Waals surface area contributed by atoms with E-state index in [-0.39, 0.29) is 15.9 Å². The molecule has 9 heteroatoms. The molecule has 6 nitrogen and oxygen atoms in total. The molecule has 0 aromatic carbocycles. The van der Waals surface area contributed by atoms with Crippen molar-refractivity contribution < 1.29 is 12.8 Å². The molecule has 0 spiro atoms. The first-order chi connectivity index (χ1) is 10.4. The Morgan fingerprint density at radius 1 is 1.36 bits per heavy atom. The number of aryl methyl sites for hydroxylation is 1. The smallest absolute Gasteiger partial charge is 0.265 e. The van der Waals surface area contributed by atoms with Gasteiger partial charge in [-0.1, -0.05) is 11.6 Å². The fourth-order valence-corrected chi connectivity index (χ4v) is 3.30. The fraction of sp³-hybridized carbons (Fsp3) is 0.0769. The van der Waals surface area contributed by atoms with Crippen molar-refractivity contribution in [3.63, 3.8) is 0 Å². The lowest BCUT2D eigenvalue weighted by molar-refractivity contribution is 0.598. The average Bonchev–Trinajstić information content (AvgIpc) is 2.85. The van der Waals surface area contributed by atoms with Crippen LogP contribution in [0.4, 0.5) is 10.2 Å². The minimum absolute atomic E-state index is 0.0616. The van der Waals surface area contributed by atoms with E-state index < -0.39 is 15.8 Å². The summed E-state index contributed by atoms with van der Waals surface area (Å²) in [6.45, 7) is 1.66. The molecule has 0 amide bonds. The lowest BCUT2D eigenvalue weighted by Crippen LogP contribution is -2.14. The van der Waals surface area contributed by atoms with Gasteiger partial charge in [0, 0.05) is 17.8 Å². The highest BCUT2D eigenvalue weighted by Crippen LogP contribution is 2.25. The number of halogens is 2. The number of hydrogen-bond acceptors (Lipinski definition) is 4. The maximum atomic E-state index is 13.8. The third kappa shape index (κ3) is 2.62. The first-order valence-corrected chi connectivity index (χ1v) is 8.01. The van der Waals surface area contributed by atoms with Crippen molar-refractivity contribution in [2.75, 3.05) is 4.72 Å². The number of aromatic amines is 1. The van der Waals surface area contributed by atoms with Crippen molar-refractivity contribution in [1.82, 2.24) is 15.0 Å². The molecular weight excluding hydrogens is 331 g/mol. The highest BCUT2D eigenvalue weighted by Gasteiger charge is 2.21. The molecule has 0 bridgehead atoms. The Kier molecular flexibility index (Phi) is 3.50. The van der Waals surface area contributed by atoms with Crippen molar-refractivity contribution in [1.29, 1.82) is 0 Å². The minimum atomic E-state index is -4.01. The van der Waals surface area contributed by atoms with Crippen LogP contribution in [0.25, 0.3) is 11.0 Å². The number of fused-ring (bicyclic) bond motifs is 1. The van der Waals surface area contributed by atoms with Gasteiger partial charge in [-0.3, -0.25) is 4.72 Å². The normalized spacial score (nSPS) is 11.8. The van der Waals surface area contributed by atoms with E-state index >= 15 is 0 Å². The molecule has 3 heterocycles. The van der Waals surface area contributed by atoms with Crippen LogP contribution < -0.4 is 4.72 Å². The third-order valence-electron chi connectivity index (χ3n) is 2.97. The number of pyridine rings is 2. The molecule has 0 aliphatic heterocycles. The number of nitrogens with zero attached hydrogens (tertiary/aromatic N) is 2. The minimum Gasteiger partial charge on any atom is -0.345 e. The van der Waals surface area contributed by atoms with E-state index in [0.29, 0.717) is 16.6 Å². The van der Waals surface area contributed by atoms with Crippen LogP contribution in [0.5, 0.6) is 0 Å². The molecule has 22 heavy (non-hydrogen) atoms. The summed E-state index contributed by atoms with van der Waals surface area (Å²) in [6.07, 6.45) is 2.64. The summed E-state index contributed by atoms with van der Waals surface area (Å²) in [4.78, 5) is 10.4. The maximum absolute atomic E-state index is 13.8. The van der Waals surface area contributed by atoms with E-state index in [4.69, 9.17) is 11.6 Å². The Labute approximate surface area is 130 Å². The highest BCUT2D eigenvalue weighted by molar-refractivity contribution is 7.93. The van der Waals surface area contributed by atoms with Crippen molar-refractivity contribution in [3.8, 4) is 0 Å². The summed E-state index contributed by atoms with van der Waals surface area (Å²) in [6, 6.07) is 4.19. The van der Waals surface area contributed by atoms with Crippen LogP contribution >= 0.6 is 11.6 Å². The molecule has 0 atom stereocenters. The zero-order chi connectivity index (χ0) is 15.9. The summed E-state index contributed by atoms with van der Waals surface area (Å²) >= 11 is 5.75. The Hall–Kier alpha value is -2.19. The summed E-state index contributed by atoms with van der Waals surface area (Å²) in [5.41, 5.74) is 0.914. The number of nitrogens with one attached hydrogen (secondary N) is 2. The van der Waals surface area contributed by atoms with Crippen LogP contribution in [-0.2, 0) is 10.0 Å². The van der Waals surface area contributed by atoms with Crippen LogP contribution in [0.3, 0.4) is 0 Å². The molecule has 114 valence electrons. The molecule has 0 saturated heterocycles. The van der Waals surface area contributed by atoms with Gasteiger partial charge >= 0.3 is 0 Å². The van der Waals surface area contributed by atoms with E-state index in [2.05, 4.69) is 19.7 Å². The number of H-pyrrole nitrogens is 1. The number of anilines is 1. The Morgan fingerprint density at radius 2 is 2.14 bits per heavy atom. The van der Waals surface area contributed by atoms with Gasteiger partial charge in [-0.2, -0.15) is 0 Å². The van der Waals surface area contributed by atoms with E-state index in [1.807, 2.05) is 0 Å². The van der Waals surface area contributed by atoms with Gasteiger partial charge in [0.25, 0.3) is 10.0 Å². The number of hydrogen-bond donors (Lipinski definition) is 2. The summed E-state index contributed by atoms with van der Waals surface area (Å²) in [5.74, 6) is -1.11.